The minimum atomic E-state index is -0.0661. The van der Waals surface area contributed by atoms with Crippen LogP contribution in [0.1, 0.15) is 29.8 Å². The summed E-state index contributed by atoms with van der Waals surface area (Å²) in [5.41, 5.74) is 3.56. The van der Waals surface area contributed by atoms with E-state index in [1.165, 1.54) is 0 Å². The van der Waals surface area contributed by atoms with E-state index in [-0.39, 0.29) is 11.7 Å². The van der Waals surface area contributed by atoms with Gasteiger partial charge in [-0.15, -0.1) is 0 Å². The van der Waals surface area contributed by atoms with Crippen LogP contribution < -0.4 is 0 Å². The minimum Gasteiger partial charge on any atom is -0.293 e. The van der Waals surface area contributed by atoms with Crippen molar-refractivity contribution in [3.05, 3.63) is 29.3 Å². The van der Waals surface area contributed by atoms with Crippen LogP contribution in [0.2, 0.25) is 0 Å². The predicted octanol–water partition coefficient (Wildman–Crippen LogP) is 2.92. The van der Waals surface area contributed by atoms with Crippen molar-refractivity contribution in [3.8, 4) is 0 Å². The molecule has 0 bridgehead atoms. The molecule has 2 rings (SSSR count). The molecule has 0 aliphatic carbocycles. The highest BCUT2D eigenvalue weighted by Crippen LogP contribution is 2.30. The molecule has 0 saturated heterocycles. The van der Waals surface area contributed by atoms with Crippen LogP contribution in [0.3, 0.4) is 0 Å². The third-order valence-electron chi connectivity index (χ3n) is 2.81. The molecule has 0 radical (unpaired) electrons. The largest absolute Gasteiger partial charge is 0.293 e. The number of benzene rings is 1. The van der Waals surface area contributed by atoms with Crippen LogP contribution in [0, 0.1) is 12.8 Å². The highest BCUT2D eigenvalue weighted by atomic mass is 16.1. The van der Waals surface area contributed by atoms with Crippen molar-refractivity contribution >= 4 is 17.2 Å². The highest BCUT2D eigenvalue weighted by molar-refractivity contribution is 6.17. The van der Waals surface area contributed by atoms with Gasteiger partial charge in [0.1, 0.15) is 0 Å². The smallest absolute Gasteiger partial charge is 0.173 e. The first-order valence-corrected chi connectivity index (χ1v) is 4.80. The van der Waals surface area contributed by atoms with Crippen molar-refractivity contribution in [2.75, 3.05) is 0 Å². The van der Waals surface area contributed by atoms with Crippen LogP contribution in [0.4, 0.5) is 5.69 Å². The summed E-state index contributed by atoms with van der Waals surface area (Å²) in [4.78, 5) is 16.4. The molecule has 1 aliphatic rings. The summed E-state index contributed by atoms with van der Waals surface area (Å²) in [6.45, 7) is 5.78. The van der Waals surface area contributed by atoms with Gasteiger partial charge < -0.3 is 0 Å². The summed E-state index contributed by atoms with van der Waals surface area (Å²) in [7, 11) is 0. The number of carbonyl (C=O) groups is 1. The lowest BCUT2D eigenvalue weighted by Crippen LogP contribution is -2.23. The number of aliphatic imine (C=N–C) groups is 1. The molecule has 0 amide bonds. The Morgan fingerprint density at radius 2 is 2.00 bits per heavy atom. The summed E-state index contributed by atoms with van der Waals surface area (Å²) in [6, 6.07) is 5.80. The number of hydrogen-bond acceptors (Lipinski definition) is 2. The fourth-order valence-corrected chi connectivity index (χ4v) is 1.76. The first-order chi connectivity index (χ1) is 6.61. The predicted molar refractivity (Wildman–Crippen MR) is 57.4 cm³/mol. The van der Waals surface area contributed by atoms with Crippen molar-refractivity contribution in [2.24, 2.45) is 10.9 Å². The standard InChI is InChI=1S/C12H13NO/c1-7-5-4-6-10-11(7)12(14)8(2)9(3)13-10/h4-6,8H,1-3H3. The summed E-state index contributed by atoms with van der Waals surface area (Å²) >= 11 is 0. The molecule has 14 heavy (non-hydrogen) atoms. The van der Waals surface area contributed by atoms with Crippen molar-refractivity contribution in [2.45, 2.75) is 20.8 Å². The Hall–Kier alpha value is -1.44. The molecule has 72 valence electrons. The average molecular weight is 187 g/mol. The summed E-state index contributed by atoms with van der Waals surface area (Å²) in [5, 5.41) is 0. The second-order valence-corrected chi connectivity index (χ2v) is 3.81. The van der Waals surface area contributed by atoms with E-state index in [1.54, 1.807) is 0 Å². The van der Waals surface area contributed by atoms with Gasteiger partial charge in [-0.05, 0) is 32.4 Å². The molecule has 0 aromatic heterocycles. The zero-order valence-corrected chi connectivity index (χ0v) is 8.66. The van der Waals surface area contributed by atoms with Gasteiger partial charge in [-0.1, -0.05) is 12.1 Å². The molecule has 0 spiro atoms. The molecule has 1 aromatic carbocycles. The van der Waals surface area contributed by atoms with Crippen LogP contribution in [0.25, 0.3) is 0 Å². The number of ketones is 1. The lowest BCUT2D eigenvalue weighted by Gasteiger charge is -2.19. The van der Waals surface area contributed by atoms with Crippen LogP contribution in [-0.4, -0.2) is 11.5 Å². The maximum atomic E-state index is 12.0. The molecule has 1 unspecified atom stereocenters. The second-order valence-electron chi connectivity index (χ2n) is 3.81. The highest BCUT2D eigenvalue weighted by Gasteiger charge is 2.26. The van der Waals surface area contributed by atoms with Crippen LogP contribution in [0.5, 0.6) is 0 Å². The van der Waals surface area contributed by atoms with Crippen LogP contribution >= 0.6 is 0 Å². The quantitative estimate of drug-likeness (QED) is 0.614. The Bertz CT molecular complexity index is 432. The van der Waals surface area contributed by atoms with E-state index in [0.29, 0.717) is 0 Å². The lowest BCUT2D eigenvalue weighted by atomic mass is 9.89. The zero-order chi connectivity index (χ0) is 10.3. The maximum absolute atomic E-state index is 12.0. The number of Topliss-reactive ketones (excluding diaryl/α,β-unsaturated/α-hetero) is 1. The Morgan fingerprint density at radius 3 is 2.71 bits per heavy atom. The molecule has 2 heteroatoms. The van der Waals surface area contributed by atoms with Gasteiger partial charge in [0.25, 0.3) is 0 Å². The lowest BCUT2D eigenvalue weighted by molar-refractivity contribution is 0.0959. The third-order valence-corrected chi connectivity index (χ3v) is 2.81. The number of fused-ring (bicyclic) bond motifs is 1. The maximum Gasteiger partial charge on any atom is 0.173 e. The van der Waals surface area contributed by atoms with E-state index >= 15 is 0 Å². The van der Waals surface area contributed by atoms with Crippen molar-refractivity contribution in [1.82, 2.24) is 0 Å². The molecule has 1 atom stereocenters. The van der Waals surface area contributed by atoms with Gasteiger partial charge in [0.15, 0.2) is 5.78 Å². The summed E-state index contributed by atoms with van der Waals surface area (Å²) in [5.74, 6) is 0.134. The summed E-state index contributed by atoms with van der Waals surface area (Å²) < 4.78 is 0. The Balaban J connectivity index is 2.70. The SMILES string of the molecule is CC1=Nc2cccc(C)c2C(=O)C1C. The van der Waals surface area contributed by atoms with E-state index in [2.05, 4.69) is 4.99 Å². The fraction of sp³-hybridized carbons (Fsp3) is 0.333. The average Bonchev–Trinajstić information content (AvgIpc) is 2.14. The van der Waals surface area contributed by atoms with E-state index in [0.717, 1.165) is 22.5 Å². The Morgan fingerprint density at radius 1 is 1.29 bits per heavy atom. The van der Waals surface area contributed by atoms with E-state index in [4.69, 9.17) is 0 Å². The van der Waals surface area contributed by atoms with E-state index in [9.17, 15) is 4.79 Å². The minimum absolute atomic E-state index is 0.0661. The number of aryl methyl sites for hydroxylation is 1. The molecular formula is C12H13NO. The monoisotopic (exact) mass is 187 g/mol. The van der Waals surface area contributed by atoms with Crippen molar-refractivity contribution in [3.63, 3.8) is 0 Å². The third kappa shape index (κ3) is 1.18. The summed E-state index contributed by atoms with van der Waals surface area (Å²) in [6.07, 6.45) is 0. The molecular weight excluding hydrogens is 174 g/mol. The van der Waals surface area contributed by atoms with Gasteiger partial charge in [0.2, 0.25) is 0 Å². The molecule has 0 saturated carbocycles. The number of rotatable bonds is 0. The Labute approximate surface area is 83.7 Å². The molecule has 0 N–H and O–H groups in total. The molecule has 1 aliphatic heterocycles. The van der Waals surface area contributed by atoms with Crippen LogP contribution in [0.15, 0.2) is 23.2 Å². The van der Waals surface area contributed by atoms with Crippen LogP contribution in [-0.2, 0) is 0 Å². The molecule has 1 aromatic rings. The first kappa shape index (κ1) is 9.13. The van der Waals surface area contributed by atoms with E-state index < -0.39 is 0 Å². The van der Waals surface area contributed by atoms with Crippen molar-refractivity contribution < 1.29 is 4.79 Å². The van der Waals surface area contributed by atoms with Crippen molar-refractivity contribution in [1.29, 1.82) is 0 Å². The second kappa shape index (κ2) is 3.05. The Kier molecular flexibility index (Phi) is 1.99. The van der Waals surface area contributed by atoms with Gasteiger partial charge >= 0.3 is 0 Å². The number of carbonyl (C=O) groups excluding carboxylic acids is 1. The van der Waals surface area contributed by atoms with Gasteiger partial charge in [-0.2, -0.15) is 0 Å². The number of nitrogens with zero attached hydrogens (tertiary/aromatic N) is 1. The van der Waals surface area contributed by atoms with Gasteiger partial charge in [0.05, 0.1) is 11.6 Å². The number of hydrogen-bond donors (Lipinski definition) is 0. The topological polar surface area (TPSA) is 29.4 Å². The first-order valence-electron chi connectivity index (χ1n) is 4.80. The normalized spacial score (nSPS) is 20.4. The van der Waals surface area contributed by atoms with Gasteiger partial charge in [-0.25, -0.2) is 0 Å². The molecule has 1 heterocycles. The van der Waals surface area contributed by atoms with Gasteiger partial charge in [-0.3, -0.25) is 9.79 Å². The van der Waals surface area contributed by atoms with Gasteiger partial charge in [0, 0.05) is 11.3 Å². The molecule has 0 fully saturated rings. The van der Waals surface area contributed by atoms with E-state index in [1.807, 2.05) is 39.0 Å². The zero-order valence-electron chi connectivity index (χ0n) is 8.66. The fourth-order valence-electron chi connectivity index (χ4n) is 1.76. The molecule has 2 nitrogen and oxygen atoms in total.